The SMILES string of the molecule is O=c1c2ccccc2nnn1CSc1nnc(NCc2ccc(F)cc2)s1. The van der Waals surface area contributed by atoms with Gasteiger partial charge in [0.15, 0.2) is 4.34 Å². The quantitative estimate of drug-likeness (QED) is 0.498. The number of fused-ring (bicyclic) bond motifs is 1. The van der Waals surface area contributed by atoms with Crippen LogP contribution in [-0.2, 0) is 12.4 Å². The number of benzene rings is 2. The summed E-state index contributed by atoms with van der Waals surface area (Å²) < 4.78 is 14.9. The summed E-state index contributed by atoms with van der Waals surface area (Å²) in [4.78, 5) is 12.4. The molecule has 0 aliphatic heterocycles. The van der Waals surface area contributed by atoms with Crippen molar-refractivity contribution in [3.05, 3.63) is 70.3 Å². The van der Waals surface area contributed by atoms with Crippen LogP contribution < -0.4 is 10.9 Å². The van der Waals surface area contributed by atoms with Crippen LogP contribution in [0.1, 0.15) is 5.56 Å². The van der Waals surface area contributed by atoms with Gasteiger partial charge in [0.1, 0.15) is 11.3 Å². The fourth-order valence-corrected chi connectivity index (χ4v) is 3.95. The number of nitrogens with zero attached hydrogens (tertiary/aromatic N) is 5. The van der Waals surface area contributed by atoms with Gasteiger partial charge in [-0.25, -0.2) is 4.39 Å². The van der Waals surface area contributed by atoms with Crippen molar-refractivity contribution in [3.63, 3.8) is 0 Å². The van der Waals surface area contributed by atoms with Crippen LogP contribution in [0.15, 0.2) is 57.7 Å². The summed E-state index contributed by atoms with van der Waals surface area (Å²) in [5.74, 6) is 0.0314. The summed E-state index contributed by atoms with van der Waals surface area (Å²) in [6, 6.07) is 13.4. The molecule has 27 heavy (non-hydrogen) atoms. The van der Waals surface area contributed by atoms with Crippen LogP contribution in [0.4, 0.5) is 9.52 Å². The number of halogens is 1. The summed E-state index contributed by atoms with van der Waals surface area (Å²) in [7, 11) is 0. The van der Waals surface area contributed by atoms with Crippen molar-refractivity contribution in [2.75, 3.05) is 5.32 Å². The molecule has 0 atom stereocenters. The molecule has 0 fully saturated rings. The van der Waals surface area contributed by atoms with Crippen molar-refractivity contribution in [1.82, 2.24) is 25.2 Å². The molecule has 0 bridgehead atoms. The number of thioether (sulfide) groups is 1. The van der Waals surface area contributed by atoms with Crippen molar-refractivity contribution in [3.8, 4) is 0 Å². The zero-order valence-electron chi connectivity index (χ0n) is 13.9. The van der Waals surface area contributed by atoms with Gasteiger partial charge in [0, 0.05) is 6.54 Å². The lowest BCUT2D eigenvalue weighted by molar-refractivity contribution is 0.627. The third kappa shape index (κ3) is 4.12. The maximum Gasteiger partial charge on any atom is 0.278 e. The van der Waals surface area contributed by atoms with Crippen LogP contribution in [0.25, 0.3) is 10.9 Å². The van der Waals surface area contributed by atoms with E-state index in [4.69, 9.17) is 0 Å². The first-order valence-corrected chi connectivity index (χ1v) is 9.76. The van der Waals surface area contributed by atoms with Crippen LogP contribution >= 0.6 is 23.1 Å². The van der Waals surface area contributed by atoms with Crippen molar-refractivity contribution < 1.29 is 4.39 Å². The van der Waals surface area contributed by atoms with Gasteiger partial charge in [0.2, 0.25) is 5.13 Å². The Morgan fingerprint density at radius 3 is 2.74 bits per heavy atom. The van der Waals surface area contributed by atoms with E-state index < -0.39 is 0 Å². The van der Waals surface area contributed by atoms with Crippen LogP contribution in [0.5, 0.6) is 0 Å². The highest BCUT2D eigenvalue weighted by atomic mass is 32.2. The third-order valence-corrected chi connectivity index (χ3v) is 5.68. The van der Waals surface area contributed by atoms with Gasteiger partial charge >= 0.3 is 0 Å². The molecule has 0 saturated heterocycles. The summed E-state index contributed by atoms with van der Waals surface area (Å²) in [5, 5.41) is 20.5. The summed E-state index contributed by atoms with van der Waals surface area (Å²) >= 11 is 2.73. The molecule has 4 aromatic rings. The average molecular weight is 400 g/mol. The zero-order chi connectivity index (χ0) is 18.6. The molecule has 2 heterocycles. The fraction of sp³-hybridized carbons (Fsp3) is 0.118. The monoisotopic (exact) mass is 400 g/mol. The molecule has 2 aromatic heterocycles. The maximum atomic E-state index is 12.9. The smallest absolute Gasteiger partial charge is 0.278 e. The highest BCUT2D eigenvalue weighted by molar-refractivity contribution is 8.00. The van der Waals surface area contributed by atoms with E-state index in [1.54, 1.807) is 30.3 Å². The van der Waals surface area contributed by atoms with Gasteiger partial charge in [-0.1, -0.05) is 52.6 Å². The van der Waals surface area contributed by atoms with E-state index in [0.717, 1.165) is 5.56 Å². The number of hydrogen-bond donors (Lipinski definition) is 1. The Balaban J connectivity index is 1.39. The van der Waals surface area contributed by atoms with Gasteiger partial charge in [0.05, 0.1) is 11.3 Å². The predicted octanol–water partition coefficient (Wildman–Crippen LogP) is 3.14. The highest BCUT2D eigenvalue weighted by Crippen LogP contribution is 2.26. The Kier molecular flexibility index (Phi) is 5.07. The molecular formula is C17H13FN6OS2. The second-order valence-corrected chi connectivity index (χ2v) is 7.71. The molecule has 136 valence electrons. The predicted molar refractivity (Wildman–Crippen MR) is 103 cm³/mol. The molecule has 1 N–H and O–H groups in total. The van der Waals surface area contributed by atoms with Crippen LogP contribution in [0.2, 0.25) is 0 Å². The topological polar surface area (TPSA) is 85.6 Å². The first kappa shape index (κ1) is 17.6. The summed E-state index contributed by atoms with van der Waals surface area (Å²) in [6.07, 6.45) is 0. The van der Waals surface area contributed by atoms with Crippen molar-refractivity contribution in [2.24, 2.45) is 0 Å². The number of nitrogens with one attached hydrogen (secondary N) is 1. The van der Waals surface area contributed by atoms with Crippen molar-refractivity contribution >= 4 is 39.1 Å². The second-order valence-electron chi connectivity index (χ2n) is 5.54. The van der Waals surface area contributed by atoms with E-state index in [1.807, 2.05) is 6.07 Å². The number of anilines is 1. The lowest BCUT2D eigenvalue weighted by atomic mass is 10.2. The maximum absolute atomic E-state index is 12.9. The molecule has 0 unspecified atom stereocenters. The van der Waals surface area contributed by atoms with Gasteiger partial charge < -0.3 is 5.32 Å². The number of aromatic nitrogens is 5. The minimum atomic E-state index is -0.264. The zero-order valence-corrected chi connectivity index (χ0v) is 15.5. The van der Waals surface area contributed by atoms with Crippen molar-refractivity contribution in [1.29, 1.82) is 0 Å². The van der Waals surface area contributed by atoms with E-state index in [-0.39, 0.29) is 11.4 Å². The Bertz CT molecular complexity index is 1130. The normalized spacial score (nSPS) is 11.0. The molecule has 0 amide bonds. The molecule has 0 aliphatic rings. The molecule has 10 heteroatoms. The first-order valence-electron chi connectivity index (χ1n) is 7.96. The molecule has 0 radical (unpaired) electrons. The molecule has 7 nitrogen and oxygen atoms in total. The van der Waals surface area contributed by atoms with Gasteiger partial charge in [-0.2, -0.15) is 4.68 Å². The van der Waals surface area contributed by atoms with E-state index >= 15 is 0 Å². The lowest BCUT2D eigenvalue weighted by Crippen LogP contribution is -2.23. The molecule has 0 aliphatic carbocycles. The summed E-state index contributed by atoms with van der Waals surface area (Å²) in [5.41, 5.74) is 1.33. The fourth-order valence-electron chi connectivity index (χ4n) is 2.34. The Hall–Kier alpha value is -2.85. The van der Waals surface area contributed by atoms with Crippen LogP contribution in [0, 0.1) is 5.82 Å². The van der Waals surface area contributed by atoms with E-state index in [0.29, 0.717) is 32.8 Å². The standard InChI is InChI=1S/C17H13FN6OS2/c18-12-7-5-11(6-8-12)9-19-16-21-22-17(27-16)26-10-24-15(25)13-3-1-2-4-14(13)20-23-24/h1-8H,9-10H2,(H,19,21). The number of rotatable bonds is 6. The highest BCUT2D eigenvalue weighted by Gasteiger charge is 2.08. The molecule has 2 aromatic carbocycles. The molecule has 4 rings (SSSR count). The Labute approximate surface area is 161 Å². The second kappa shape index (κ2) is 7.80. The average Bonchev–Trinajstić information content (AvgIpc) is 3.15. The first-order chi connectivity index (χ1) is 13.2. The van der Waals surface area contributed by atoms with E-state index in [9.17, 15) is 9.18 Å². The largest absolute Gasteiger partial charge is 0.356 e. The molecular weight excluding hydrogens is 387 g/mol. The van der Waals surface area contributed by atoms with Gasteiger partial charge in [-0.15, -0.1) is 15.3 Å². The Morgan fingerprint density at radius 1 is 1.07 bits per heavy atom. The lowest BCUT2D eigenvalue weighted by Gasteiger charge is -2.02. The third-order valence-electron chi connectivity index (χ3n) is 3.70. The van der Waals surface area contributed by atoms with Gasteiger partial charge in [-0.05, 0) is 29.8 Å². The van der Waals surface area contributed by atoms with Gasteiger partial charge in [0.25, 0.3) is 5.56 Å². The van der Waals surface area contributed by atoms with E-state index in [2.05, 4.69) is 25.8 Å². The van der Waals surface area contributed by atoms with E-state index in [1.165, 1.54) is 39.9 Å². The number of hydrogen-bond acceptors (Lipinski definition) is 8. The summed E-state index contributed by atoms with van der Waals surface area (Å²) in [6.45, 7) is 0.523. The van der Waals surface area contributed by atoms with Crippen molar-refractivity contribution in [2.45, 2.75) is 16.8 Å². The molecule has 0 spiro atoms. The van der Waals surface area contributed by atoms with Crippen LogP contribution in [-0.4, -0.2) is 25.2 Å². The minimum Gasteiger partial charge on any atom is -0.356 e. The van der Waals surface area contributed by atoms with Gasteiger partial charge in [-0.3, -0.25) is 4.79 Å². The molecule has 0 saturated carbocycles. The minimum absolute atomic E-state index is 0.188. The van der Waals surface area contributed by atoms with Crippen LogP contribution in [0.3, 0.4) is 0 Å². The Morgan fingerprint density at radius 2 is 1.89 bits per heavy atom.